The Hall–Kier alpha value is -2.61. The van der Waals surface area contributed by atoms with Crippen molar-refractivity contribution >= 4 is 11.8 Å². The summed E-state index contributed by atoms with van der Waals surface area (Å²) in [6, 6.07) is 1.73. The minimum atomic E-state index is -0.520. The first-order valence-corrected chi connectivity index (χ1v) is 10.4. The standard InChI is InChI=1S/C21H30N6O2/c1-15-16(4-8-22-15)19(28)27-12-3-6-21(7-13-26(2)14-17(21)27)20(29)25-9-5-18-23-10-11-24-18/h4,8,10-11,17,22H,3,5-7,9,12-14H2,1-2H3,(H,23,24)(H,25,29)/t17-,21+/m0/s1. The second-order valence-electron chi connectivity index (χ2n) is 8.34. The van der Waals surface area contributed by atoms with Crippen molar-refractivity contribution in [1.82, 2.24) is 30.1 Å². The molecule has 2 saturated heterocycles. The monoisotopic (exact) mass is 398 g/mol. The zero-order chi connectivity index (χ0) is 20.4. The van der Waals surface area contributed by atoms with Gasteiger partial charge in [-0.2, -0.15) is 0 Å². The molecule has 2 aliphatic heterocycles. The van der Waals surface area contributed by atoms with Crippen LogP contribution in [0, 0.1) is 12.3 Å². The Morgan fingerprint density at radius 1 is 1.28 bits per heavy atom. The topological polar surface area (TPSA) is 97.1 Å². The van der Waals surface area contributed by atoms with Crippen LogP contribution in [0.25, 0.3) is 0 Å². The van der Waals surface area contributed by atoms with Crippen molar-refractivity contribution in [2.75, 3.05) is 33.2 Å². The molecule has 4 heterocycles. The molecule has 2 fully saturated rings. The highest BCUT2D eigenvalue weighted by Gasteiger charge is 2.53. The first kappa shape index (κ1) is 19.7. The van der Waals surface area contributed by atoms with Gasteiger partial charge in [0, 0.05) is 50.3 Å². The van der Waals surface area contributed by atoms with Crippen LogP contribution in [0.1, 0.15) is 41.1 Å². The van der Waals surface area contributed by atoms with Crippen LogP contribution >= 0.6 is 0 Å². The molecule has 2 aliphatic rings. The molecule has 8 heteroatoms. The smallest absolute Gasteiger partial charge is 0.255 e. The van der Waals surface area contributed by atoms with Crippen LogP contribution in [0.4, 0.5) is 0 Å². The van der Waals surface area contributed by atoms with Crippen molar-refractivity contribution in [1.29, 1.82) is 0 Å². The number of nitrogens with one attached hydrogen (secondary N) is 3. The minimum Gasteiger partial charge on any atom is -0.365 e. The molecule has 0 bridgehead atoms. The van der Waals surface area contributed by atoms with E-state index in [-0.39, 0.29) is 17.9 Å². The number of piperidine rings is 2. The van der Waals surface area contributed by atoms with E-state index in [1.54, 1.807) is 18.6 Å². The van der Waals surface area contributed by atoms with E-state index in [9.17, 15) is 9.59 Å². The fraction of sp³-hybridized carbons (Fsp3) is 0.571. The fourth-order valence-electron chi connectivity index (χ4n) is 4.89. The van der Waals surface area contributed by atoms with Crippen LogP contribution in [-0.2, 0) is 11.2 Å². The van der Waals surface area contributed by atoms with E-state index in [1.165, 1.54) is 0 Å². The second-order valence-corrected chi connectivity index (χ2v) is 8.34. The van der Waals surface area contributed by atoms with Crippen LogP contribution in [0.2, 0.25) is 0 Å². The third-order valence-corrected chi connectivity index (χ3v) is 6.56. The molecule has 0 spiro atoms. The van der Waals surface area contributed by atoms with Crippen molar-refractivity contribution in [3.05, 3.63) is 41.7 Å². The minimum absolute atomic E-state index is 0.0245. The van der Waals surface area contributed by atoms with Crippen molar-refractivity contribution in [3.63, 3.8) is 0 Å². The fourth-order valence-corrected chi connectivity index (χ4v) is 4.89. The van der Waals surface area contributed by atoms with Gasteiger partial charge >= 0.3 is 0 Å². The van der Waals surface area contributed by atoms with E-state index in [2.05, 4.69) is 32.2 Å². The average Bonchev–Trinajstić information content (AvgIpc) is 3.38. The van der Waals surface area contributed by atoms with Crippen molar-refractivity contribution < 1.29 is 9.59 Å². The van der Waals surface area contributed by atoms with E-state index < -0.39 is 5.41 Å². The number of hydrogen-bond donors (Lipinski definition) is 3. The van der Waals surface area contributed by atoms with E-state index in [0.717, 1.165) is 43.9 Å². The summed E-state index contributed by atoms with van der Waals surface area (Å²) in [5.41, 5.74) is 1.05. The Balaban J connectivity index is 1.53. The van der Waals surface area contributed by atoms with Gasteiger partial charge in [0.15, 0.2) is 0 Å². The zero-order valence-corrected chi connectivity index (χ0v) is 17.2. The number of carbonyl (C=O) groups excluding carboxylic acids is 2. The summed E-state index contributed by atoms with van der Waals surface area (Å²) in [6.07, 6.45) is 8.43. The zero-order valence-electron chi connectivity index (χ0n) is 17.2. The molecule has 4 rings (SSSR count). The molecule has 29 heavy (non-hydrogen) atoms. The van der Waals surface area contributed by atoms with Crippen LogP contribution < -0.4 is 5.32 Å². The van der Waals surface area contributed by atoms with Gasteiger partial charge in [0.1, 0.15) is 5.82 Å². The summed E-state index contributed by atoms with van der Waals surface area (Å²) in [6.45, 7) is 4.75. The Labute approximate surface area is 171 Å². The van der Waals surface area contributed by atoms with E-state index in [0.29, 0.717) is 25.1 Å². The number of likely N-dealkylation sites (N-methyl/N-ethyl adjacent to an activating group) is 1. The highest BCUT2D eigenvalue weighted by atomic mass is 16.2. The van der Waals surface area contributed by atoms with E-state index >= 15 is 0 Å². The van der Waals surface area contributed by atoms with Gasteiger partial charge in [-0.3, -0.25) is 9.59 Å². The van der Waals surface area contributed by atoms with Crippen LogP contribution in [0.5, 0.6) is 0 Å². The normalized spacial score (nSPS) is 24.9. The molecule has 0 unspecified atom stereocenters. The number of hydrogen-bond acceptors (Lipinski definition) is 4. The van der Waals surface area contributed by atoms with Crippen LogP contribution in [0.3, 0.4) is 0 Å². The third kappa shape index (κ3) is 3.69. The van der Waals surface area contributed by atoms with Crippen molar-refractivity contribution in [2.24, 2.45) is 5.41 Å². The number of rotatable bonds is 5. The molecule has 2 amide bonds. The molecule has 156 valence electrons. The number of nitrogens with zero attached hydrogens (tertiary/aromatic N) is 3. The molecule has 0 saturated carbocycles. The molecule has 2 aromatic rings. The van der Waals surface area contributed by atoms with Crippen LogP contribution in [-0.4, -0.2) is 75.8 Å². The Bertz CT molecular complexity index is 860. The second kappa shape index (κ2) is 8.02. The number of amides is 2. The lowest BCUT2D eigenvalue weighted by Gasteiger charge is -2.53. The van der Waals surface area contributed by atoms with Gasteiger partial charge in [0.25, 0.3) is 5.91 Å². The summed E-state index contributed by atoms with van der Waals surface area (Å²) in [5, 5.41) is 3.14. The molecule has 3 N–H and O–H groups in total. The van der Waals surface area contributed by atoms with Gasteiger partial charge in [-0.05, 0) is 45.8 Å². The van der Waals surface area contributed by atoms with Gasteiger partial charge in [0.05, 0.1) is 17.0 Å². The highest BCUT2D eigenvalue weighted by molar-refractivity contribution is 5.96. The quantitative estimate of drug-likeness (QED) is 0.708. The summed E-state index contributed by atoms with van der Waals surface area (Å²) in [5.74, 6) is 0.966. The van der Waals surface area contributed by atoms with Crippen molar-refractivity contribution in [2.45, 2.75) is 38.6 Å². The molecule has 0 aliphatic carbocycles. The van der Waals surface area contributed by atoms with Gasteiger partial charge in [-0.1, -0.05) is 0 Å². The van der Waals surface area contributed by atoms with Gasteiger partial charge in [-0.25, -0.2) is 4.98 Å². The number of fused-ring (bicyclic) bond motifs is 1. The number of aryl methyl sites for hydroxylation is 1. The van der Waals surface area contributed by atoms with E-state index in [1.807, 2.05) is 17.9 Å². The Morgan fingerprint density at radius 2 is 2.14 bits per heavy atom. The number of carbonyl (C=O) groups is 2. The number of H-pyrrole nitrogens is 2. The largest absolute Gasteiger partial charge is 0.365 e. The number of aromatic nitrogens is 3. The SMILES string of the molecule is Cc1[nH]ccc1C(=O)N1CCC[C@@]2(C(=O)NCCc3ncc[nH]3)CCN(C)C[C@H]12. The molecule has 8 nitrogen and oxygen atoms in total. The molecule has 2 atom stereocenters. The van der Waals surface area contributed by atoms with Gasteiger partial charge < -0.3 is 25.1 Å². The lowest BCUT2D eigenvalue weighted by atomic mass is 9.67. The maximum atomic E-state index is 13.4. The summed E-state index contributed by atoms with van der Waals surface area (Å²) >= 11 is 0. The molecule has 0 aromatic carbocycles. The number of aromatic amines is 2. The van der Waals surface area contributed by atoms with E-state index in [4.69, 9.17) is 0 Å². The number of likely N-dealkylation sites (tertiary alicyclic amines) is 2. The molecule has 0 radical (unpaired) electrons. The van der Waals surface area contributed by atoms with Crippen molar-refractivity contribution in [3.8, 4) is 0 Å². The maximum Gasteiger partial charge on any atom is 0.255 e. The lowest BCUT2D eigenvalue weighted by molar-refractivity contribution is -0.142. The van der Waals surface area contributed by atoms with Gasteiger partial charge in [-0.15, -0.1) is 0 Å². The Kier molecular flexibility index (Phi) is 5.45. The van der Waals surface area contributed by atoms with Gasteiger partial charge in [0.2, 0.25) is 5.91 Å². The average molecular weight is 399 g/mol. The predicted octanol–water partition coefficient (Wildman–Crippen LogP) is 1.33. The molecular weight excluding hydrogens is 368 g/mol. The summed E-state index contributed by atoms with van der Waals surface area (Å²) in [4.78, 5) is 41.3. The highest BCUT2D eigenvalue weighted by Crippen LogP contribution is 2.43. The maximum absolute atomic E-state index is 13.4. The predicted molar refractivity (Wildman–Crippen MR) is 109 cm³/mol. The van der Waals surface area contributed by atoms with Crippen LogP contribution in [0.15, 0.2) is 24.7 Å². The summed E-state index contributed by atoms with van der Waals surface area (Å²) in [7, 11) is 2.07. The Morgan fingerprint density at radius 3 is 2.86 bits per heavy atom. The molecular formula is C21H30N6O2. The summed E-state index contributed by atoms with van der Waals surface area (Å²) < 4.78 is 0. The first-order chi connectivity index (χ1) is 14.0. The lowest BCUT2D eigenvalue weighted by Crippen LogP contribution is -2.66. The molecule has 2 aromatic heterocycles. The third-order valence-electron chi connectivity index (χ3n) is 6.56. The number of imidazole rings is 1. The first-order valence-electron chi connectivity index (χ1n) is 10.4.